The molecule has 1 heterocycles. The number of β-lactam (4-membered cyclic amide) rings is 1. The van der Waals surface area contributed by atoms with Gasteiger partial charge in [0, 0.05) is 12.3 Å². The SMILES string of the molecule is CCCP(=O)(Cc1ccc(ON2CCC2=O)cc1)OCC(C)OC(=O)C(C)C. The molecule has 2 rings (SSSR count). The largest absolute Gasteiger partial charge is 0.460 e. The second-order valence-corrected chi connectivity index (χ2v) is 10.0. The van der Waals surface area contributed by atoms with Gasteiger partial charge < -0.3 is 14.1 Å². The van der Waals surface area contributed by atoms with Crippen molar-refractivity contribution in [2.75, 3.05) is 19.3 Å². The van der Waals surface area contributed by atoms with E-state index in [4.69, 9.17) is 14.1 Å². The summed E-state index contributed by atoms with van der Waals surface area (Å²) in [6.07, 6.45) is 1.55. The number of benzene rings is 1. The Hall–Kier alpha value is -1.85. The Bertz CT molecular complexity index is 718. The molecule has 1 aliphatic rings. The fourth-order valence-corrected chi connectivity index (χ4v) is 4.90. The maximum Gasteiger partial charge on any atom is 0.308 e. The highest BCUT2D eigenvalue weighted by Crippen LogP contribution is 2.51. The van der Waals surface area contributed by atoms with E-state index in [1.54, 1.807) is 32.9 Å². The van der Waals surface area contributed by atoms with Crippen LogP contribution in [0.25, 0.3) is 0 Å². The maximum absolute atomic E-state index is 13.2. The molecule has 2 unspecified atom stereocenters. The number of amides is 1. The predicted molar refractivity (Wildman–Crippen MR) is 106 cm³/mol. The highest BCUT2D eigenvalue weighted by molar-refractivity contribution is 7.58. The average molecular weight is 411 g/mol. The predicted octanol–water partition coefficient (Wildman–Crippen LogP) is 4.01. The van der Waals surface area contributed by atoms with Crippen molar-refractivity contribution in [2.45, 2.75) is 52.8 Å². The van der Waals surface area contributed by atoms with Crippen molar-refractivity contribution in [3.8, 4) is 5.75 Å². The number of nitrogens with zero attached hydrogens (tertiary/aromatic N) is 1. The Morgan fingerprint density at radius 2 is 1.89 bits per heavy atom. The number of hydrogen-bond donors (Lipinski definition) is 0. The summed E-state index contributed by atoms with van der Waals surface area (Å²) in [5.41, 5.74) is 0.867. The fourth-order valence-electron chi connectivity index (χ4n) is 2.59. The Morgan fingerprint density at radius 1 is 1.21 bits per heavy atom. The minimum Gasteiger partial charge on any atom is -0.460 e. The number of carbonyl (C=O) groups excluding carboxylic acids is 2. The highest BCUT2D eigenvalue weighted by atomic mass is 31.2. The van der Waals surface area contributed by atoms with Gasteiger partial charge in [-0.3, -0.25) is 14.2 Å². The third kappa shape index (κ3) is 6.64. The first kappa shape index (κ1) is 22.4. The Morgan fingerprint density at radius 3 is 2.39 bits per heavy atom. The molecule has 0 aromatic heterocycles. The van der Waals surface area contributed by atoms with Gasteiger partial charge in [0.05, 0.1) is 25.5 Å². The van der Waals surface area contributed by atoms with Crippen LogP contribution in [0, 0.1) is 5.92 Å². The zero-order valence-corrected chi connectivity index (χ0v) is 17.9. The Labute approximate surface area is 166 Å². The molecule has 8 heteroatoms. The van der Waals surface area contributed by atoms with Crippen LogP contribution in [-0.2, 0) is 29.6 Å². The molecule has 1 aromatic carbocycles. The maximum atomic E-state index is 13.2. The van der Waals surface area contributed by atoms with Crippen LogP contribution in [0.15, 0.2) is 24.3 Å². The molecule has 2 atom stereocenters. The summed E-state index contributed by atoms with van der Waals surface area (Å²) in [7, 11) is -2.91. The molecule has 0 aliphatic carbocycles. The lowest BCUT2D eigenvalue weighted by Gasteiger charge is -2.29. The average Bonchev–Trinajstić information content (AvgIpc) is 2.64. The van der Waals surface area contributed by atoms with Crippen molar-refractivity contribution >= 4 is 19.2 Å². The second-order valence-electron chi connectivity index (χ2n) is 7.38. The van der Waals surface area contributed by atoms with E-state index in [9.17, 15) is 14.2 Å². The van der Waals surface area contributed by atoms with Crippen molar-refractivity contribution in [3.63, 3.8) is 0 Å². The second kappa shape index (κ2) is 10.1. The fraction of sp³-hybridized carbons (Fsp3) is 0.600. The van der Waals surface area contributed by atoms with Crippen molar-refractivity contribution < 1.29 is 28.3 Å². The zero-order valence-electron chi connectivity index (χ0n) is 17.1. The molecular weight excluding hydrogens is 381 g/mol. The van der Waals surface area contributed by atoms with Crippen LogP contribution < -0.4 is 4.84 Å². The van der Waals surface area contributed by atoms with Crippen LogP contribution >= 0.6 is 7.37 Å². The Balaban J connectivity index is 1.91. The van der Waals surface area contributed by atoms with E-state index in [1.807, 2.05) is 19.1 Å². The lowest BCUT2D eigenvalue weighted by molar-refractivity contribution is -0.174. The van der Waals surface area contributed by atoms with E-state index in [0.717, 1.165) is 12.0 Å². The first-order chi connectivity index (χ1) is 13.2. The summed E-state index contributed by atoms with van der Waals surface area (Å²) in [6.45, 7) is 7.93. The topological polar surface area (TPSA) is 82.1 Å². The number of carbonyl (C=O) groups is 2. The van der Waals surface area contributed by atoms with E-state index < -0.39 is 13.5 Å². The molecule has 0 spiro atoms. The number of rotatable bonds is 11. The summed E-state index contributed by atoms with van der Waals surface area (Å²) < 4.78 is 24.2. The molecular formula is C20H30NO6P. The molecule has 7 nitrogen and oxygen atoms in total. The Kier molecular flexibility index (Phi) is 8.08. The van der Waals surface area contributed by atoms with Gasteiger partial charge >= 0.3 is 5.97 Å². The summed E-state index contributed by atoms with van der Waals surface area (Å²) in [4.78, 5) is 28.4. The lowest BCUT2D eigenvalue weighted by atomic mass is 10.2. The van der Waals surface area contributed by atoms with Gasteiger partial charge in [-0.05, 0) is 31.0 Å². The van der Waals surface area contributed by atoms with E-state index in [0.29, 0.717) is 31.0 Å². The van der Waals surface area contributed by atoms with Crippen LogP contribution in [0.1, 0.15) is 46.1 Å². The van der Waals surface area contributed by atoms with Crippen LogP contribution in [0.5, 0.6) is 5.75 Å². The van der Waals surface area contributed by atoms with Crippen LogP contribution in [-0.4, -0.2) is 42.4 Å². The summed E-state index contributed by atoms with van der Waals surface area (Å²) in [5, 5.41) is 1.32. The number of ether oxygens (including phenoxy) is 1. The quantitative estimate of drug-likeness (QED) is 0.311. The molecule has 1 fully saturated rings. The summed E-state index contributed by atoms with van der Waals surface area (Å²) >= 11 is 0. The molecule has 0 N–H and O–H groups in total. The van der Waals surface area contributed by atoms with Crippen molar-refractivity contribution in [1.82, 2.24) is 5.06 Å². The normalized spacial score (nSPS) is 17.0. The molecule has 1 aliphatic heterocycles. The van der Waals surface area contributed by atoms with Gasteiger partial charge in [-0.25, -0.2) is 0 Å². The number of hydrogen-bond acceptors (Lipinski definition) is 6. The number of hydroxylamine groups is 2. The summed E-state index contributed by atoms with van der Waals surface area (Å²) in [6, 6.07) is 7.16. The molecule has 1 saturated heterocycles. The number of esters is 1. The summed E-state index contributed by atoms with van der Waals surface area (Å²) in [5.74, 6) is 0.0318. The van der Waals surface area contributed by atoms with Gasteiger partial charge in [-0.15, -0.1) is 0 Å². The smallest absolute Gasteiger partial charge is 0.308 e. The monoisotopic (exact) mass is 411 g/mol. The molecule has 28 heavy (non-hydrogen) atoms. The molecule has 0 saturated carbocycles. The third-order valence-corrected chi connectivity index (χ3v) is 6.86. The van der Waals surface area contributed by atoms with Crippen molar-refractivity contribution in [1.29, 1.82) is 0 Å². The van der Waals surface area contributed by atoms with Crippen LogP contribution in [0.3, 0.4) is 0 Å². The molecule has 0 radical (unpaired) electrons. The minimum atomic E-state index is -2.91. The molecule has 0 bridgehead atoms. The van der Waals surface area contributed by atoms with E-state index in [-0.39, 0.29) is 24.4 Å². The van der Waals surface area contributed by atoms with Gasteiger partial charge in [0.2, 0.25) is 7.37 Å². The zero-order chi connectivity index (χ0) is 20.7. The standard InChI is InChI=1S/C20H30NO6P/c1-5-12-28(24,25-13-16(4)26-20(23)15(2)3)14-17-6-8-18(9-7-17)27-21-11-10-19(21)22/h6-9,15-16H,5,10-14H2,1-4H3. The van der Waals surface area contributed by atoms with E-state index in [1.165, 1.54) is 5.06 Å². The van der Waals surface area contributed by atoms with Gasteiger partial charge in [0.1, 0.15) is 6.10 Å². The minimum absolute atomic E-state index is 0.0304. The van der Waals surface area contributed by atoms with Gasteiger partial charge in [-0.2, -0.15) is 5.06 Å². The van der Waals surface area contributed by atoms with Gasteiger partial charge in [0.25, 0.3) is 5.91 Å². The van der Waals surface area contributed by atoms with Crippen molar-refractivity contribution in [3.05, 3.63) is 29.8 Å². The van der Waals surface area contributed by atoms with E-state index >= 15 is 0 Å². The first-order valence-corrected chi connectivity index (χ1v) is 11.7. The first-order valence-electron chi connectivity index (χ1n) is 9.73. The third-order valence-electron chi connectivity index (χ3n) is 4.27. The van der Waals surface area contributed by atoms with Crippen LogP contribution in [0.2, 0.25) is 0 Å². The van der Waals surface area contributed by atoms with Crippen LogP contribution in [0.4, 0.5) is 0 Å². The van der Waals surface area contributed by atoms with Gasteiger partial charge in [0.15, 0.2) is 5.75 Å². The highest BCUT2D eigenvalue weighted by Gasteiger charge is 2.27. The van der Waals surface area contributed by atoms with Crippen molar-refractivity contribution in [2.24, 2.45) is 5.92 Å². The van der Waals surface area contributed by atoms with E-state index in [2.05, 4.69) is 0 Å². The van der Waals surface area contributed by atoms with Gasteiger partial charge in [-0.1, -0.05) is 32.9 Å². The molecule has 1 amide bonds. The lowest BCUT2D eigenvalue weighted by Crippen LogP contribution is -2.45. The molecule has 156 valence electrons. The molecule has 1 aromatic rings.